The highest BCUT2D eigenvalue weighted by atomic mass is 32.2. The third-order valence-corrected chi connectivity index (χ3v) is 5.37. The number of rotatable bonds is 11. The summed E-state index contributed by atoms with van der Waals surface area (Å²) < 4.78 is 5.46. The Morgan fingerprint density at radius 3 is 2.00 bits per heavy atom. The van der Waals surface area contributed by atoms with Crippen molar-refractivity contribution in [2.24, 2.45) is 0 Å². The molecule has 5 unspecified atom stereocenters. The van der Waals surface area contributed by atoms with Crippen molar-refractivity contribution in [2.45, 2.75) is 88.1 Å². The van der Waals surface area contributed by atoms with Crippen LogP contribution in [0.2, 0.25) is 0 Å². The molecule has 5 nitrogen and oxygen atoms in total. The second kappa shape index (κ2) is 11.6. The van der Waals surface area contributed by atoms with Crippen molar-refractivity contribution >= 4 is 11.8 Å². The largest absolute Gasteiger partial charge is 0.394 e. The lowest BCUT2D eigenvalue weighted by atomic mass is 10.0. The van der Waals surface area contributed by atoms with Gasteiger partial charge < -0.3 is 25.2 Å². The van der Waals surface area contributed by atoms with Crippen molar-refractivity contribution in [3.8, 4) is 0 Å². The molecule has 0 aromatic heterocycles. The third-order valence-electron chi connectivity index (χ3n) is 4.13. The summed E-state index contributed by atoms with van der Waals surface area (Å²) in [5, 5.41) is 38.4. The van der Waals surface area contributed by atoms with Gasteiger partial charge in [-0.3, -0.25) is 0 Å². The van der Waals surface area contributed by atoms with Gasteiger partial charge in [0.15, 0.2) is 0 Å². The van der Waals surface area contributed by atoms with Crippen LogP contribution in [-0.2, 0) is 4.74 Å². The van der Waals surface area contributed by atoms with Crippen LogP contribution in [0, 0.1) is 0 Å². The van der Waals surface area contributed by atoms with Crippen LogP contribution in [0.1, 0.15) is 58.3 Å². The Morgan fingerprint density at radius 2 is 1.41 bits per heavy atom. The van der Waals surface area contributed by atoms with Gasteiger partial charge in [-0.15, -0.1) is 11.8 Å². The molecule has 0 aliphatic carbocycles. The second-order valence-electron chi connectivity index (χ2n) is 6.04. The van der Waals surface area contributed by atoms with E-state index < -0.39 is 29.9 Å². The van der Waals surface area contributed by atoms with Gasteiger partial charge in [0.25, 0.3) is 0 Å². The lowest BCUT2D eigenvalue weighted by molar-refractivity contribution is -0.205. The molecule has 1 saturated heterocycles. The molecule has 0 aromatic carbocycles. The van der Waals surface area contributed by atoms with E-state index in [2.05, 4.69) is 6.92 Å². The molecule has 1 aliphatic heterocycles. The van der Waals surface area contributed by atoms with E-state index in [0.717, 1.165) is 18.6 Å². The number of thioether (sulfide) groups is 1. The summed E-state index contributed by atoms with van der Waals surface area (Å²) in [7, 11) is 0. The van der Waals surface area contributed by atoms with Crippen molar-refractivity contribution in [2.75, 3.05) is 12.4 Å². The summed E-state index contributed by atoms with van der Waals surface area (Å²) in [5.41, 5.74) is -0.583. The zero-order valence-corrected chi connectivity index (χ0v) is 14.4. The monoisotopic (exact) mass is 336 g/mol. The molecule has 22 heavy (non-hydrogen) atoms. The van der Waals surface area contributed by atoms with Crippen LogP contribution in [-0.4, -0.2) is 62.6 Å². The lowest BCUT2D eigenvalue weighted by Gasteiger charge is -2.39. The number of hydrogen-bond donors (Lipinski definition) is 4. The maximum atomic E-state index is 9.91. The molecule has 0 amide bonds. The van der Waals surface area contributed by atoms with Gasteiger partial charge in [-0.05, 0) is 12.2 Å². The maximum absolute atomic E-state index is 9.91. The first-order valence-electron chi connectivity index (χ1n) is 8.54. The smallest absolute Gasteiger partial charge is 0.132 e. The summed E-state index contributed by atoms with van der Waals surface area (Å²) in [6.07, 6.45) is 5.54. The summed E-state index contributed by atoms with van der Waals surface area (Å²) in [5.74, 6) is 0.845. The van der Waals surface area contributed by atoms with Crippen LogP contribution in [0.5, 0.6) is 0 Å². The van der Waals surface area contributed by atoms with E-state index in [4.69, 9.17) is 9.84 Å². The maximum Gasteiger partial charge on any atom is 0.132 e. The summed E-state index contributed by atoms with van der Waals surface area (Å²) in [6.45, 7) is 1.86. The molecule has 0 bridgehead atoms. The Labute approximate surface area is 138 Å². The predicted molar refractivity (Wildman–Crippen MR) is 88.8 cm³/mol. The molecule has 0 radical (unpaired) electrons. The molecule has 0 aromatic rings. The molecule has 1 fully saturated rings. The van der Waals surface area contributed by atoms with Crippen LogP contribution < -0.4 is 0 Å². The first kappa shape index (κ1) is 20.2. The summed E-state index contributed by atoms with van der Waals surface area (Å²) in [4.78, 5) is 0. The highest BCUT2D eigenvalue weighted by molar-refractivity contribution is 7.99. The number of aliphatic hydroxyl groups excluding tert-OH is 4. The van der Waals surface area contributed by atoms with Gasteiger partial charge in [-0.1, -0.05) is 51.9 Å². The highest BCUT2D eigenvalue weighted by Gasteiger charge is 2.43. The molecule has 0 spiro atoms. The summed E-state index contributed by atoms with van der Waals surface area (Å²) in [6, 6.07) is 0. The van der Waals surface area contributed by atoms with Crippen molar-refractivity contribution in [1.82, 2.24) is 0 Å². The van der Waals surface area contributed by atoms with Gasteiger partial charge in [0, 0.05) is 0 Å². The minimum atomic E-state index is -1.26. The van der Waals surface area contributed by atoms with Gasteiger partial charge in [0.1, 0.15) is 29.9 Å². The topological polar surface area (TPSA) is 90.2 Å². The third kappa shape index (κ3) is 6.72. The lowest BCUT2D eigenvalue weighted by Crippen LogP contribution is -2.57. The van der Waals surface area contributed by atoms with Gasteiger partial charge in [0.2, 0.25) is 0 Å². The molecule has 1 rings (SSSR count). The molecule has 132 valence electrons. The van der Waals surface area contributed by atoms with E-state index in [9.17, 15) is 15.3 Å². The van der Waals surface area contributed by atoms with Crippen LogP contribution in [0.4, 0.5) is 0 Å². The van der Waals surface area contributed by atoms with Crippen molar-refractivity contribution < 1.29 is 25.2 Å². The van der Waals surface area contributed by atoms with E-state index in [1.54, 1.807) is 0 Å². The molecule has 5 atom stereocenters. The molecule has 1 aliphatic rings. The Balaban J connectivity index is 2.11. The molecule has 0 saturated carbocycles. The minimum absolute atomic E-state index is 0.361. The second-order valence-corrected chi connectivity index (χ2v) is 7.25. The van der Waals surface area contributed by atoms with Crippen LogP contribution in [0.15, 0.2) is 0 Å². The van der Waals surface area contributed by atoms with E-state index in [1.165, 1.54) is 50.3 Å². The van der Waals surface area contributed by atoms with Crippen molar-refractivity contribution in [1.29, 1.82) is 0 Å². The highest BCUT2D eigenvalue weighted by Crippen LogP contribution is 2.29. The molecule has 1 heterocycles. The molecule has 6 heteroatoms. The van der Waals surface area contributed by atoms with Crippen LogP contribution in [0.3, 0.4) is 0 Å². The normalized spacial score (nSPS) is 32.3. The van der Waals surface area contributed by atoms with Crippen molar-refractivity contribution in [3.63, 3.8) is 0 Å². The SMILES string of the molecule is CCCCCCCCCCSC1OC(CO)C(O)C(O)C1O. The standard InChI is InChI=1S/C16H32O5S/c1-2-3-4-5-6-7-8-9-10-22-16-15(20)14(19)13(18)12(11-17)21-16/h12-20H,2-11H2,1H3. The zero-order chi connectivity index (χ0) is 16.4. The van der Waals surface area contributed by atoms with Gasteiger partial charge in [-0.2, -0.15) is 0 Å². The fourth-order valence-electron chi connectivity index (χ4n) is 2.64. The van der Waals surface area contributed by atoms with Crippen molar-refractivity contribution in [3.05, 3.63) is 0 Å². The first-order chi connectivity index (χ1) is 10.6. The average molecular weight is 336 g/mol. The fourth-order valence-corrected chi connectivity index (χ4v) is 3.82. The predicted octanol–water partition coefficient (Wildman–Crippen LogP) is 1.66. The molecule has 4 N–H and O–H groups in total. The minimum Gasteiger partial charge on any atom is -0.394 e. The van der Waals surface area contributed by atoms with E-state index in [1.807, 2.05) is 0 Å². The fraction of sp³-hybridized carbons (Fsp3) is 1.00. The van der Waals surface area contributed by atoms with E-state index in [-0.39, 0.29) is 6.61 Å². The number of ether oxygens (including phenoxy) is 1. The van der Waals surface area contributed by atoms with Crippen LogP contribution in [0.25, 0.3) is 0 Å². The summed E-state index contributed by atoms with van der Waals surface area (Å²) >= 11 is 1.45. The van der Waals surface area contributed by atoms with Crippen LogP contribution >= 0.6 is 11.8 Å². The van der Waals surface area contributed by atoms with E-state index in [0.29, 0.717) is 0 Å². The number of unbranched alkanes of at least 4 members (excludes halogenated alkanes) is 7. The Bertz CT molecular complexity index is 277. The molecular weight excluding hydrogens is 304 g/mol. The van der Waals surface area contributed by atoms with Gasteiger partial charge >= 0.3 is 0 Å². The first-order valence-corrected chi connectivity index (χ1v) is 9.58. The zero-order valence-electron chi connectivity index (χ0n) is 13.6. The van der Waals surface area contributed by atoms with Gasteiger partial charge in [-0.25, -0.2) is 0 Å². The van der Waals surface area contributed by atoms with E-state index >= 15 is 0 Å². The van der Waals surface area contributed by atoms with Gasteiger partial charge in [0.05, 0.1) is 6.61 Å². The quantitative estimate of drug-likeness (QED) is 0.429. The Morgan fingerprint density at radius 1 is 0.818 bits per heavy atom. The Kier molecular flexibility index (Phi) is 10.7. The number of hydrogen-bond acceptors (Lipinski definition) is 6. The average Bonchev–Trinajstić information content (AvgIpc) is 2.53. The Hall–Kier alpha value is 0.150. The number of aliphatic hydroxyl groups is 4. The molecular formula is C16H32O5S.